The van der Waals surface area contributed by atoms with Crippen LogP contribution in [0.2, 0.25) is 5.02 Å². The summed E-state index contributed by atoms with van der Waals surface area (Å²) in [5.74, 6) is -0.131. The van der Waals surface area contributed by atoms with Gasteiger partial charge < -0.3 is 15.0 Å². The molecule has 1 saturated carbocycles. The Morgan fingerprint density at radius 1 is 0.930 bits per heavy atom. The molecule has 0 saturated heterocycles. The Labute approximate surface area is 260 Å². The maximum Gasteiger partial charge on any atom is 0.264 e. The minimum absolute atomic E-state index is 0.0584. The fraction of sp³-hybridized carbons (Fsp3) is 0.394. The minimum atomic E-state index is -4.13. The van der Waals surface area contributed by atoms with E-state index in [2.05, 4.69) is 5.32 Å². The Kier molecular flexibility index (Phi) is 11.5. The van der Waals surface area contributed by atoms with Crippen LogP contribution in [0.1, 0.15) is 57.9 Å². The van der Waals surface area contributed by atoms with E-state index in [1.54, 1.807) is 66.7 Å². The highest BCUT2D eigenvalue weighted by molar-refractivity contribution is 7.92. The van der Waals surface area contributed by atoms with Gasteiger partial charge in [0.05, 0.1) is 17.2 Å². The summed E-state index contributed by atoms with van der Waals surface area (Å²) in [4.78, 5) is 29.4. The summed E-state index contributed by atoms with van der Waals surface area (Å²) in [6.45, 7) is 3.81. The Morgan fingerprint density at radius 3 is 2.19 bits per heavy atom. The van der Waals surface area contributed by atoms with E-state index in [9.17, 15) is 18.0 Å². The molecule has 4 rings (SSSR count). The van der Waals surface area contributed by atoms with Crippen LogP contribution in [0.15, 0.2) is 83.8 Å². The largest absolute Gasteiger partial charge is 0.494 e. The molecule has 0 aromatic heterocycles. The van der Waals surface area contributed by atoms with E-state index in [4.69, 9.17) is 16.3 Å². The zero-order valence-electron chi connectivity index (χ0n) is 24.7. The summed E-state index contributed by atoms with van der Waals surface area (Å²) in [5.41, 5.74) is 1.09. The van der Waals surface area contributed by atoms with Crippen molar-refractivity contribution in [2.24, 2.45) is 0 Å². The van der Waals surface area contributed by atoms with E-state index in [-0.39, 0.29) is 23.4 Å². The highest BCUT2D eigenvalue weighted by atomic mass is 35.5. The van der Waals surface area contributed by atoms with Crippen LogP contribution in [0.3, 0.4) is 0 Å². The van der Waals surface area contributed by atoms with Gasteiger partial charge in [0, 0.05) is 17.6 Å². The number of ether oxygens (including phenoxy) is 1. The van der Waals surface area contributed by atoms with Gasteiger partial charge in [-0.25, -0.2) is 8.42 Å². The van der Waals surface area contributed by atoms with Gasteiger partial charge in [-0.05, 0) is 80.3 Å². The van der Waals surface area contributed by atoms with Gasteiger partial charge in [-0.15, -0.1) is 0 Å². The molecule has 1 N–H and O–H groups in total. The highest BCUT2D eigenvalue weighted by Gasteiger charge is 2.34. The Balaban J connectivity index is 1.69. The summed E-state index contributed by atoms with van der Waals surface area (Å²) < 4.78 is 34.6. The topological polar surface area (TPSA) is 96.0 Å². The summed E-state index contributed by atoms with van der Waals surface area (Å²) in [6.07, 6.45) is 5.46. The van der Waals surface area contributed by atoms with Crippen LogP contribution in [0.25, 0.3) is 0 Å². The molecule has 1 atom stereocenters. The molecule has 43 heavy (non-hydrogen) atoms. The van der Waals surface area contributed by atoms with Crippen LogP contribution < -0.4 is 14.4 Å². The van der Waals surface area contributed by atoms with Crippen LogP contribution in [-0.2, 0) is 26.2 Å². The van der Waals surface area contributed by atoms with Gasteiger partial charge in [0.2, 0.25) is 11.8 Å². The second kappa shape index (κ2) is 15.3. The monoisotopic (exact) mass is 625 g/mol. The Morgan fingerprint density at radius 2 is 1.58 bits per heavy atom. The lowest BCUT2D eigenvalue weighted by Gasteiger charge is -2.34. The quantitative estimate of drug-likeness (QED) is 0.244. The third kappa shape index (κ3) is 8.51. The van der Waals surface area contributed by atoms with Crippen molar-refractivity contribution in [3.8, 4) is 5.75 Å². The molecule has 1 aliphatic carbocycles. The van der Waals surface area contributed by atoms with Crippen molar-refractivity contribution in [2.45, 2.75) is 75.9 Å². The van der Waals surface area contributed by atoms with E-state index < -0.39 is 28.5 Å². The molecular formula is C33H40ClN3O5S. The van der Waals surface area contributed by atoms with Crippen LogP contribution >= 0.6 is 11.6 Å². The van der Waals surface area contributed by atoms with E-state index in [1.165, 1.54) is 17.0 Å². The predicted octanol–water partition coefficient (Wildman–Crippen LogP) is 6.19. The third-order valence-corrected chi connectivity index (χ3v) is 9.69. The number of sulfonamides is 1. The zero-order chi connectivity index (χ0) is 30.8. The van der Waals surface area contributed by atoms with E-state index in [0.29, 0.717) is 29.5 Å². The Hall–Kier alpha value is -3.56. The summed E-state index contributed by atoms with van der Waals surface area (Å²) >= 11 is 6.11. The number of carbonyl (C=O) groups excluding carboxylic acids is 2. The van der Waals surface area contributed by atoms with Crippen molar-refractivity contribution >= 4 is 39.1 Å². The molecule has 1 aliphatic rings. The van der Waals surface area contributed by atoms with Crippen molar-refractivity contribution in [2.75, 3.05) is 17.5 Å². The molecule has 2 amide bonds. The highest BCUT2D eigenvalue weighted by Crippen LogP contribution is 2.27. The smallest absolute Gasteiger partial charge is 0.264 e. The molecule has 3 aromatic carbocycles. The Bertz CT molecular complexity index is 1440. The average Bonchev–Trinajstić information content (AvgIpc) is 3.02. The van der Waals surface area contributed by atoms with Gasteiger partial charge >= 0.3 is 0 Å². The number of anilines is 1. The minimum Gasteiger partial charge on any atom is -0.494 e. The summed E-state index contributed by atoms with van der Waals surface area (Å²) in [7, 11) is -4.13. The number of amides is 2. The van der Waals surface area contributed by atoms with E-state index in [1.807, 2.05) is 13.8 Å². The molecule has 0 unspecified atom stereocenters. The molecule has 10 heteroatoms. The lowest BCUT2D eigenvalue weighted by molar-refractivity contribution is -0.140. The second-order valence-corrected chi connectivity index (χ2v) is 13.0. The van der Waals surface area contributed by atoms with Crippen LogP contribution in [0.5, 0.6) is 5.75 Å². The summed E-state index contributed by atoms with van der Waals surface area (Å²) in [6, 6.07) is 21.0. The first kappa shape index (κ1) is 32.4. The fourth-order valence-corrected chi connectivity index (χ4v) is 6.94. The molecule has 0 radical (unpaired) electrons. The lowest BCUT2D eigenvalue weighted by atomic mass is 9.95. The third-order valence-electron chi connectivity index (χ3n) is 7.65. The molecular weight excluding hydrogens is 586 g/mol. The lowest BCUT2D eigenvalue weighted by Crippen LogP contribution is -2.54. The van der Waals surface area contributed by atoms with Crippen molar-refractivity contribution in [3.05, 3.63) is 89.4 Å². The molecule has 1 fully saturated rings. The molecule has 0 spiro atoms. The number of hydrogen-bond donors (Lipinski definition) is 1. The number of rotatable bonds is 13. The number of hydrogen-bond acceptors (Lipinski definition) is 5. The van der Waals surface area contributed by atoms with E-state index >= 15 is 0 Å². The van der Waals surface area contributed by atoms with Crippen molar-refractivity contribution in [1.82, 2.24) is 10.2 Å². The fourth-order valence-electron chi connectivity index (χ4n) is 5.37. The SMILES string of the molecule is CCOc1ccc(N(CC(=O)N(Cc2ccc(Cl)cc2)[C@@H](CC)C(=O)NC2CCCCC2)S(=O)(=O)c2ccccc2)cc1. The molecule has 230 valence electrons. The van der Waals surface area contributed by atoms with Crippen molar-refractivity contribution in [1.29, 1.82) is 0 Å². The van der Waals surface area contributed by atoms with Crippen LogP contribution in [-0.4, -0.2) is 50.4 Å². The number of carbonyl (C=O) groups is 2. The van der Waals surface area contributed by atoms with Crippen molar-refractivity contribution < 1.29 is 22.7 Å². The van der Waals surface area contributed by atoms with Crippen molar-refractivity contribution in [3.63, 3.8) is 0 Å². The van der Waals surface area contributed by atoms with Gasteiger partial charge in [0.15, 0.2) is 0 Å². The summed E-state index contributed by atoms with van der Waals surface area (Å²) in [5, 5.41) is 3.71. The van der Waals surface area contributed by atoms with Crippen LogP contribution in [0, 0.1) is 0 Å². The number of halogens is 1. The molecule has 0 heterocycles. The van der Waals surface area contributed by atoms with E-state index in [0.717, 1.165) is 42.0 Å². The predicted molar refractivity (Wildman–Crippen MR) is 170 cm³/mol. The van der Waals surface area contributed by atoms with Crippen LogP contribution in [0.4, 0.5) is 5.69 Å². The number of benzene rings is 3. The van der Waals surface area contributed by atoms with Gasteiger partial charge in [-0.2, -0.15) is 0 Å². The van der Waals surface area contributed by atoms with Gasteiger partial charge in [-0.1, -0.05) is 68.1 Å². The molecule has 3 aromatic rings. The second-order valence-electron chi connectivity index (χ2n) is 10.7. The first-order valence-corrected chi connectivity index (χ1v) is 16.7. The van der Waals surface area contributed by atoms with Gasteiger partial charge in [0.25, 0.3) is 10.0 Å². The first-order valence-electron chi connectivity index (χ1n) is 14.9. The maximum absolute atomic E-state index is 14.2. The van der Waals surface area contributed by atoms with Gasteiger partial charge in [-0.3, -0.25) is 13.9 Å². The zero-order valence-corrected chi connectivity index (χ0v) is 26.3. The van der Waals surface area contributed by atoms with Gasteiger partial charge in [0.1, 0.15) is 18.3 Å². The standard InChI is InChI=1S/C33H40ClN3O5S/c1-3-31(33(39)35-27-11-7-5-8-12-27)36(23-25-15-17-26(34)18-16-25)32(38)24-37(28-19-21-29(22-20-28)42-4-2)43(40,41)30-13-9-6-10-14-30/h6,9-10,13-22,27,31H,3-5,7-8,11-12,23-24H2,1-2H3,(H,35,39)/t31-/m0/s1. The average molecular weight is 626 g/mol. The molecule has 0 bridgehead atoms. The normalized spacial score (nSPS) is 14.5. The maximum atomic E-state index is 14.2. The number of nitrogens with zero attached hydrogens (tertiary/aromatic N) is 2. The molecule has 0 aliphatic heterocycles. The first-order chi connectivity index (χ1) is 20.7. The molecule has 8 nitrogen and oxygen atoms in total. The number of nitrogens with one attached hydrogen (secondary N) is 1.